The first-order chi connectivity index (χ1) is 30.7. The van der Waals surface area contributed by atoms with Crippen LogP contribution in [0.15, 0.2) is 217 Å². The zero-order chi connectivity index (χ0) is 40.8. The van der Waals surface area contributed by atoms with Crippen LogP contribution >= 0.6 is 0 Å². The van der Waals surface area contributed by atoms with Crippen LogP contribution in [0.25, 0.3) is 101 Å². The van der Waals surface area contributed by atoms with Gasteiger partial charge in [-0.3, -0.25) is 0 Å². The Morgan fingerprint density at radius 1 is 0.306 bits per heavy atom. The highest BCUT2D eigenvalue weighted by Gasteiger charge is 2.52. The van der Waals surface area contributed by atoms with E-state index in [0.29, 0.717) is 17.5 Å². The van der Waals surface area contributed by atoms with Gasteiger partial charge in [-0.15, -0.1) is 0 Å². The molecule has 0 saturated carbocycles. The molecule has 0 fully saturated rings. The molecule has 2 aromatic heterocycles. The maximum absolute atomic E-state index is 6.41. The van der Waals surface area contributed by atoms with Gasteiger partial charge in [0, 0.05) is 27.5 Å². The normalized spacial score (nSPS) is 13.0. The second kappa shape index (κ2) is 13.4. The highest BCUT2D eigenvalue weighted by molar-refractivity contribution is 6.12. The van der Waals surface area contributed by atoms with E-state index >= 15 is 0 Å². The van der Waals surface area contributed by atoms with Crippen molar-refractivity contribution in [2.24, 2.45) is 0 Å². The van der Waals surface area contributed by atoms with Crippen molar-refractivity contribution in [2.45, 2.75) is 5.41 Å². The van der Waals surface area contributed by atoms with Crippen molar-refractivity contribution in [1.29, 1.82) is 0 Å². The Bertz CT molecular complexity index is 3490. The molecule has 0 aliphatic heterocycles. The van der Waals surface area contributed by atoms with Crippen LogP contribution in [0, 0.1) is 0 Å². The van der Waals surface area contributed by atoms with E-state index in [1.807, 2.05) is 24.3 Å². The molecule has 0 amide bonds. The van der Waals surface area contributed by atoms with E-state index in [4.69, 9.17) is 19.4 Å². The van der Waals surface area contributed by atoms with Gasteiger partial charge in [-0.25, -0.2) is 15.0 Å². The minimum absolute atomic E-state index is 0.496. The van der Waals surface area contributed by atoms with Crippen LogP contribution in [0.4, 0.5) is 0 Å². The molecule has 2 heterocycles. The van der Waals surface area contributed by atoms with Crippen molar-refractivity contribution in [3.63, 3.8) is 0 Å². The predicted molar refractivity (Wildman–Crippen MR) is 251 cm³/mol. The third-order valence-corrected chi connectivity index (χ3v) is 12.9. The zero-order valence-corrected chi connectivity index (χ0v) is 33.5. The van der Waals surface area contributed by atoms with E-state index in [2.05, 4.69) is 188 Å². The summed E-state index contributed by atoms with van der Waals surface area (Å²) >= 11 is 0. The summed E-state index contributed by atoms with van der Waals surface area (Å²) in [6, 6.07) is 75.5. The van der Waals surface area contributed by atoms with E-state index in [1.165, 1.54) is 38.9 Å². The average Bonchev–Trinajstić information content (AvgIpc) is 3.99. The van der Waals surface area contributed by atoms with Gasteiger partial charge in [0.1, 0.15) is 11.2 Å². The number of fused-ring (bicyclic) bond motifs is 13. The van der Waals surface area contributed by atoms with E-state index in [0.717, 1.165) is 66.4 Å². The van der Waals surface area contributed by atoms with Gasteiger partial charge in [-0.05, 0) is 97.1 Å². The minimum Gasteiger partial charge on any atom is -0.456 e. The molecule has 0 radical (unpaired) electrons. The SMILES string of the molecule is c1ccc(-c2cc(-c3ccccc3)cc(-c3nc(-c4cccc5c4-c4ccccc4C54c5ccccc5-c5ccccc54)nc(-c4cccc5oc6ccccc6c45)n3)c2)cc1. The Morgan fingerprint density at radius 2 is 0.758 bits per heavy atom. The highest BCUT2D eigenvalue weighted by Crippen LogP contribution is 2.63. The summed E-state index contributed by atoms with van der Waals surface area (Å²) in [5, 5.41) is 2.00. The van der Waals surface area contributed by atoms with Crippen molar-refractivity contribution in [2.75, 3.05) is 0 Å². The van der Waals surface area contributed by atoms with Crippen molar-refractivity contribution < 1.29 is 4.42 Å². The fourth-order valence-electron chi connectivity index (χ4n) is 10.4. The molecule has 13 rings (SSSR count). The van der Waals surface area contributed by atoms with Crippen LogP contribution < -0.4 is 0 Å². The summed E-state index contributed by atoms with van der Waals surface area (Å²) in [5.74, 6) is 1.80. The molecule has 288 valence electrons. The monoisotopic (exact) mass is 789 g/mol. The Labute approximate surface area is 358 Å². The summed E-state index contributed by atoms with van der Waals surface area (Å²) < 4.78 is 6.41. The molecule has 11 aromatic rings. The second-order valence-corrected chi connectivity index (χ2v) is 16.2. The van der Waals surface area contributed by atoms with Crippen LogP contribution in [-0.2, 0) is 5.41 Å². The van der Waals surface area contributed by atoms with Gasteiger partial charge in [-0.2, -0.15) is 0 Å². The van der Waals surface area contributed by atoms with E-state index in [9.17, 15) is 0 Å². The molecular formula is C58H35N3O. The van der Waals surface area contributed by atoms with Gasteiger partial charge in [0.15, 0.2) is 17.5 Å². The Morgan fingerprint density at radius 3 is 1.44 bits per heavy atom. The number of para-hydroxylation sites is 1. The molecule has 0 atom stereocenters. The smallest absolute Gasteiger partial charge is 0.164 e. The molecule has 62 heavy (non-hydrogen) atoms. The van der Waals surface area contributed by atoms with E-state index in [1.54, 1.807) is 0 Å². The Hall–Kier alpha value is -8.21. The van der Waals surface area contributed by atoms with Gasteiger partial charge in [0.2, 0.25) is 0 Å². The van der Waals surface area contributed by atoms with E-state index < -0.39 is 5.41 Å². The molecule has 1 spiro atoms. The van der Waals surface area contributed by atoms with Crippen molar-refractivity contribution in [1.82, 2.24) is 15.0 Å². The molecule has 0 bridgehead atoms. The first kappa shape index (κ1) is 34.6. The molecular weight excluding hydrogens is 755 g/mol. The maximum atomic E-state index is 6.41. The fourth-order valence-corrected chi connectivity index (χ4v) is 10.4. The fraction of sp³-hybridized carbons (Fsp3) is 0.0172. The number of aromatic nitrogens is 3. The van der Waals surface area contributed by atoms with Crippen molar-refractivity contribution in [3.8, 4) is 78.7 Å². The van der Waals surface area contributed by atoms with Gasteiger partial charge in [0.25, 0.3) is 0 Å². The third-order valence-electron chi connectivity index (χ3n) is 12.9. The Kier molecular flexibility index (Phi) is 7.49. The maximum Gasteiger partial charge on any atom is 0.164 e. The topological polar surface area (TPSA) is 51.8 Å². The summed E-state index contributed by atoms with van der Waals surface area (Å²) in [4.78, 5) is 16.4. The Balaban J connectivity index is 1.11. The van der Waals surface area contributed by atoms with Gasteiger partial charge in [-0.1, -0.05) is 182 Å². The lowest BCUT2D eigenvalue weighted by molar-refractivity contribution is 0.669. The third kappa shape index (κ3) is 4.98. The van der Waals surface area contributed by atoms with Gasteiger partial charge >= 0.3 is 0 Å². The average molecular weight is 790 g/mol. The second-order valence-electron chi connectivity index (χ2n) is 16.2. The van der Waals surface area contributed by atoms with Crippen LogP contribution in [0.2, 0.25) is 0 Å². The number of benzene rings is 9. The molecule has 0 N–H and O–H groups in total. The van der Waals surface area contributed by atoms with Crippen LogP contribution in [0.1, 0.15) is 22.3 Å². The van der Waals surface area contributed by atoms with Gasteiger partial charge < -0.3 is 4.42 Å². The molecule has 0 unspecified atom stereocenters. The number of hydrogen-bond acceptors (Lipinski definition) is 4. The number of rotatable bonds is 5. The standard InChI is InChI=1S/C58H35N3O/c1-3-17-36(18-4-1)38-33-39(37-19-5-2-6-20-37)35-40(34-38)55-59-56(61-57(60-55)46-26-16-32-52-54(46)44-24-10-14-31-51(44)62-52)45-25-15-30-50-53(45)43-23-9-13-29-49(43)58(50)47-27-11-7-21-41(47)42-22-8-12-28-48(42)58/h1-35H. The van der Waals surface area contributed by atoms with Crippen LogP contribution in [0.3, 0.4) is 0 Å². The summed E-state index contributed by atoms with van der Waals surface area (Å²) in [7, 11) is 0. The lowest BCUT2D eigenvalue weighted by Gasteiger charge is -2.30. The van der Waals surface area contributed by atoms with E-state index in [-0.39, 0.29) is 0 Å². The molecule has 2 aliphatic carbocycles. The summed E-state index contributed by atoms with van der Waals surface area (Å²) in [6.07, 6.45) is 0. The molecule has 9 aromatic carbocycles. The largest absolute Gasteiger partial charge is 0.456 e. The molecule has 4 heteroatoms. The zero-order valence-electron chi connectivity index (χ0n) is 33.5. The number of hydrogen-bond donors (Lipinski definition) is 0. The number of furan rings is 1. The highest BCUT2D eigenvalue weighted by atomic mass is 16.3. The van der Waals surface area contributed by atoms with Gasteiger partial charge in [0.05, 0.1) is 5.41 Å². The van der Waals surface area contributed by atoms with Crippen molar-refractivity contribution >= 4 is 21.9 Å². The molecule has 4 nitrogen and oxygen atoms in total. The summed E-state index contributed by atoms with van der Waals surface area (Å²) in [5.41, 5.74) is 18.3. The van der Waals surface area contributed by atoms with Crippen LogP contribution in [0.5, 0.6) is 0 Å². The lowest BCUT2D eigenvalue weighted by atomic mass is 9.70. The summed E-state index contributed by atoms with van der Waals surface area (Å²) in [6.45, 7) is 0. The first-order valence-corrected chi connectivity index (χ1v) is 21.1. The van der Waals surface area contributed by atoms with Crippen molar-refractivity contribution in [3.05, 3.63) is 235 Å². The predicted octanol–water partition coefficient (Wildman–Crippen LogP) is 14.4. The van der Waals surface area contributed by atoms with Crippen LogP contribution in [-0.4, -0.2) is 15.0 Å². The molecule has 0 saturated heterocycles. The quantitative estimate of drug-likeness (QED) is 0.174. The number of nitrogens with zero attached hydrogens (tertiary/aromatic N) is 3. The lowest BCUT2D eigenvalue weighted by Crippen LogP contribution is -2.25. The first-order valence-electron chi connectivity index (χ1n) is 21.1. The molecule has 2 aliphatic rings. The minimum atomic E-state index is -0.496.